The molecule has 0 unspecified atom stereocenters. The molecule has 3 nitrogen and oxygen atoms in total. The lowest BCUT2D eigenvalue weighted by Crippen LogP contribution is -2.49. The van der Waals surface area contributed by atoms with E-state index in [-0.39, 0.29) is 36.1 Å². The van der Waals surface area contributed by atoms with Crippen LogP contribution >= 0.6 is 40.7 Å². The molecule has 1 aliphatic rings. The maximum Gasteiger partial charge on any atom is 0.408 e. The molecule has 1 atom stereocenters. The Morgan fingerprint density at radius 1 is 1.19 bits per heavy atom. The second-order valence-electron chi connectivity index (χ2n) is 4.43. The normalized spacial score (nSPS) is 17.5. The molecule has 0 saturated carbocycles. The van der Waals surface area contributed by atoms with E-state index in [0.717, 1.165) is 0 Å². The summed E-state index contributed by atoms with van der Waals surface area (Å²) in [5.74, 6) is -0.338. The van der Waals surface area contributed by atoms with Gasteiger partial charge in [-0.15, -0.1) is 24.8 Å². The molecule has 122 valence electrons. The summed E-state index contributed by atoms with van der Waals surface area (Å²) in [7, 11) is 0. The number of aromatic hydroxyl groups is 1. The van der Waals surface area contributed by atoms with Crippen LogP contribution in [0.3, 0.4) is 0 Å². The van der Waals surface area contributed by atoms with E-state index in [4.69, 9.17) is 0 Å². The molecule has 1 fully saturated rings. The van der Waals surface area contributed by atoms with Gasteiger partial charge in [0.2, 0.25) is 0 Å². The van der Waals surface area contributed by atoms with E-state index in [2.05, 4.69) is 21.2 Å². The van der Waals surface area contributed by atoms with Crippen molar-refractivity contribution in [1.82, 2.24) is 10.2 Å². The van der Waals surface area contributed by atoms with Crippen molar-refractivity contribution in [1.29, 1.82) is 0 Å². The number of hydrogen-bond acceptors (Lipinski definition) is 3. The van der Waals surface area contributed by atoms with Crippen LogP contribution in [0.4, 0.5) is 13.2 Å². The van der Waals surface area contributed by atoms with E-state index in [9.17, 15) is 18.3 Å². The number of phenols is 1. The van der Waals surface area contributed by atoms with Crippen LogP contribution in [0.15, 0.2) is 22.7 Å². The van der Waals surface area contributed by atoms with Crippen molar-refractivity contribution in [2.45, 2.75) is 12.2 Å². The van der Waals surface area contributed by atoms with Crippen molar-refractivity contribution in [3.05, 3.63) is 28.2 Å². The molecule has 1 aromatic rings. The largest absolute Gasteiger partial charge is 0.508 e. The van der Waals surface area contributed by atoms with Crippen LogP contribution in [0.1, 0.15) is 11.6 Å². The molecule has 9 heteroatoms. The maximum atomic E-state index is 13.3. The van der Waals surface area contributed by atoms with Gasteiger partial charge < -0.3 is 10.4 Å². The smallest absolute Gasteiger partial charge is 0.408 e. The monoisotopic (exact) mass is 410 g/mol. The van der Waals surface area contributed by atoms with Crippen LogP contribution in [0, 0.1) is 0 Å². The topological polar surface area (TPSA) is 35.5 Å². The maximum absolute atomic E-state index is 13.3. The van der Waals surface area contributed by atoms with Crippen LogP contribution in [-0.2, 0) is 0 Å². The molecule has 1 heterocycles. The van der Waals surface area contributed by atoms with Gasteiger partial charge in [-0.3, -0.25) is 4.90 Å². The highest BCUT2D eigenvalue weighted by atomic mass is 79.9. The fourth-order valence-corrected chi connectivity index (χ4v) is 2.62. The van der Waals surface area contributed by atoms with Gasteiger partial charge in [-0.05, 0) is 12.1 Å². The fraction of sp³-hybridized carbons (Fsp3) is 0.500. The minimum absolute atomic E-state index is 0. The lowest BCUT2D eigenvalue weighted by atomic mass is 10.0. The van der Waals surface area contributed by atoms with Crippen LogP contribution in [0.5, 0.6) is 5.75 Å². The first-order chi connectivity index (χ1) is 8.89. The van der Waals surface area contributed by atoms with Gasteiger partial charge in [0.25, 0.3) is 0 Å². The van der Waals surface area contributed by atoms with E-state index in [0.29, 0.717) is 30.7 Å². The molecule has 0 amide bonds. The number of alkyl halides is 3. The third kappa shape index (κ3) is 5.17. The summed E-state index contributed by atoms with van der Waals surface area (Å²) in [4.78, 5) is 1.35. The molecule has 2 N–H and O–H groups in total. The molecule has 0 aliphatic carbocycles. The van der Waals surface area contributed by atoms with Crippen LogP contribution in [-0.4, -0.2) is 42.4 Å². The second-order valence-corrected chi connectivity index (χ2v) is 5.35. The summed E-state index contributed by atoms with van der Waals surface area (Å²) < 4.78 is 40.4. The standard InChI is InChI=1S/C12H14BrF3N2O.2ClH/c13-8-1-2-9(10(19)7-8)11(12(14,15)16)18-5-3-17-4-6-18;;/h1-2,7,11,17,19H,3-6H2;2*1H/t11-;;/m1../s1. The second kappa shape index (κ2) is 8.43. The van der Waals surface area contributed by atoms with E-state index in [1.165, 1.54) is 23.1 Å². The highest BCUT2D eigenvalue weighted by Gasteiger charge is 2.46. The molecule has 0 aromatic heterocycles. The van der Waals surface area contributed by atoms with E-state index in [1.54, 1.807) is 0 Å². The quantitative estimate of drug-likeness (QED) is 0.781. The Labute approximate surface area is 141 Å². The SMILES string of the molecule is Cl.Cl.Oc1cc(Br)ccc1[C@@H](N1CCNCC1)C(F)(F)F. The zero-order chi connectivity index (χ0) is 14.0. The predicted octanol–water partition coefficient (Wildman–Crippen LogP) is 3.51. The first-order valence-corrected chi connectivity index (χ1v) is 6.69. The zero-order valence-corrected chi connectivity index (χ0v) is 14.1. The highest BCUT2D eigenvalue weighted by molar-refractivity contribution is 9.10. The third-order valence-corrected chi connectivity index (χ3v) is 3.61. The summed E-state index contributed by atoms with van der Waals surface area (Å²) in [6.45, 7) is 1.65. The number of piperazine rings is 1. The Bertz CT molecular complexity index is 457. The molecule has 21 heavy (non-hydrogen) atoms. The average Bonchev–Trinajstić information content (AvgIpc) is 2.32. The summed E-state index contributed by atoms with van der Waals surface area (Å²) in [6.07, 6.45) is -4.41. The first kappa shape index (κ1) is 20.8. The van der Waals surface area contributed by atoms with E-state index in [1.807, 2.05) is 0 Å². The van der Waals surface area contributed by atoms with Crippen LogP contribution in [0.2, 0.25) is 0 Å². The molecular formula is C12H16BrCl2F3N2O. The van der Waals surface area contributed by atoms with Crippen molar-refractivity contribution >= 4 is 40.7 Å². The van der Waals surface area contributed by atoms with Crippen molar-refractivity contribution < 1.29 is 18.3 Å². The van der Waals surface area contributed by atoms with Gasteiger partial charge >= 0.3 is 6.18 Å². The Morgan fingerprint density at radius 2 is 1.76 bits per heavy atom. The number of benzene rings is 1. The molecule has 1 aromatic carbocycles. The molecule has 2 rings (SSSR count). The van der Waals surface area contributed by atoms with Gasteiger partial charge in [-0.2, -0.15) is 13.2 Å². The van der Waals surface area contributed by atoms with Gasteiger partial charge in [-0.25, -0.2) is 0 Å². The predicted molar refractivity (Wildman–Crippen MR) is 83.5 cm³/mol. The summed E-state index contributed by atoms with van der Waals surface area (Å²) in [5.41, 5.74) is -0.0994. The number of hydrogen-bond donors (Lipinski definition) is 2. The number of nitrogens with one attached hydrogen (secondary N) is 1. The first-order valence-electron chi connectivity index (χ1n) is 5.89. The minimum atomic E-state index is -4.41. The molecule has 1 aliphatic heterocycles. The van der Waals surface area contributed by atoms with Gasteiger partial charge in [0.1, 0.15) is 11.8 Å². The van der Waals surface area contributed by atoms with Crippen molar-refractivity contribution in [2.75, 3.05) is 26.2 Å². The lowest BCUT2D eigenvalue weighted by Gasteiger charge is -2.36. The summed E-state index contributed by atoms with van der Waals surface area (Å²) >= 11 is 3.13. The molecular weight excluding hydrogens is 396 g/mol. The van der Waals surface area contributed by atoms with Gasteiger partial charge in [-0.1, -0.05) is 22.0 Å². The van der Waals surface area contributed by atoms with Gasteiger partial charge in [0.05, 0.1) is 0 Å². The minimum Gasteiger partial charge on any atom is -0.508 e. The Kier molecular flexibility index (Phi) is 8.35. The average molecular weight is 412 g/mol. The summed E-state index contributed by atoms with van der Waals surface area (Å²) in [5, 5.41) is 12.8. The molecule has 1 saturated heterocycles. The number of rotatable bonds is 2. The third-order valence-electron chi connectivity index (χ3n) is 3.11. The van der Waals surface area contributed by atoms with E-state index >= 15 is 0 Å². The van der Waals surface area contributed by atoms with Crippen molar-refractivity contribution in [3.8, 4) is 5.75 Å². The van der Waals surface area contributed by atoms with E-state index < -0.39 is 12.2 Å². The Hall–Kier alpha value is -0.210. The number of phenolic OH excluding ortho intramolecular Hbond substituents is 1. The van der Waals surface area contributed by atoms with Gasteiger partial charge in [0.15, 0.2) is 0 Å². The lowest BCUT2D eigenvalue weighted by molar-refractivity contribution is -0.188. The molecule has 0 bridgehead atoms. The molecule has 0 spiro atoms. The Balaban J connectivity index is 0.00000200. The van der Waals surface area contributed by atoms with Crippen molar-refractivity contribution in [3.63, 3.8) is 0 Å². The van der Waals surface area contributed by atoms with Crippen LogP contribution in [0.25, 0.3) is 0 Å². The molecule has 0 radical (unpaired) electrons. The van der Waals surface area contributed by atoms with Crippen LogP contribution < -0.4 is 5.32 Å². The number of halogens is 6. The fourth-order valence-electron chi connectivity index (χ4n) is 2.27. The number of nitrogens with zero attached hydrogens (tertiary/aromatic N) is 1. The zero-order valence-electron chi connectivity index (χ0n) is 10.9. The van der Waals surface area contributed by atoms with Crippen molar-refractivity contribution in [2.24, 2.45) is 0 Å². The Morgan fingerprint density at radius 3 is 2.24 bits per heavy atom. The van der Waals surface area contributed by atoms with Gasteiger partial charge in [0, 0.05) is 36.2 Å². The highest BCUT2D eigenvalue weighted by Crippen LogP contribution is 2.41. The summed E-state index contributed by atoms with van der Waals surface area (Å²) in [6, 6.07) is 2.36.